The molecular weight excluding hydrogens is 240 g/mol. The molecule has 2 aromatic rings. The molecule has 0 saturated carbocycles. The minimum Gasteiger partial charge on any atom is -0.460 e. The van der Waals surface area contributed by atoms with Crippen LogP contribution in [-0.2, 0) is 12.2 Å². The quantitative estimate of drug-likeness (QED) is 0.787. The lowest BCUT2D eigenvalue weighted by atomic mass is 9.88. The lowest BCUT2D eigenvalue weighted by Gasteiger charge is -2.17. The Morgan fingerprint density at radius 3 is 2.44 bits per heavy atom. The summed E-state index contributed by atoms with van der Waals surface area (Å²) in [4.78, 5) is 0. The molecule has 0 saturated heterocycles. The Balaban J connectivity index is 2.28. The maximum Gasteiger partial charge on any atom is 0.134 e. The van der Waals surface area contributed by atoms with Gasteiger partial charge < -0.3 is 4.42 Å². The Labute approximate surface area is 113 Å². The van der Waals surface area contributed by atoms with Gasteiger partial charge >= 0.3 is 0 Å². The fourth-order valence-corrected chi connectivity index (χ4v) is 3.04. The molecule has 0 aliphatic heterocycles. The van der Waals surface area contributed by atoms with E-state index >= 15 is 0 Å². The van der Waals surface area contributed by atoms with Crippen LogP contribution in [0.3, 0.4) is 0 Å². The minimum absolute atomic E-state index is 0.0629. The minimum atomic E-state index is 0.0629. The van der Waals surface area contributed by atoms with Crippen LogP contribution in [-0.4, -0.2) is 12.5 Å². The summed E-state index contributed by atoms with van der Waals surface area (Å²) in [6.07, 6.45) is 5.68. The van der Waals surface area contributed by atoms with E-state index < -0.39 is 0 Å². The second-order valence-electron chi connectivity index (χ2n) is 6.56. The molecule has 0 spiro atoms. The number of hydrogen-bond donors (Lipinski definition) is 1. The molecule has 2 rings (SSSR count). The van der Waals surface area contributed by atoms with Gasteiger partial charge in [0.15, 0.2) is 0 Å². The van der Waals surface area contributed by atoms with Crippen molar-refractivity contribution >= 4 is 21.9 Å². The standard InChI is InChI=1S/C16H24OS/c1-16(2,3)10-12-6-7-15-13(8-12)9-14(17-15)11-18(4)5/h6-9,18H,10-11H2,1-5H3. The van der Waals surface area contributed by atoms with Crippen molar-refractivity contribution in [1.82, 2.24) is 0 Å². The molecule has 0 aliphatic rings. The molecule has 0 amide bonds. The molecule has 1 aromatic heterocycles. The maximum absolute atomic E-state index is 5.88. The smallest absolute Gasteiger partial charge is 0.134 e. The van der Waals surface area contributed by atoms with E-state index in [1.807, 2.05) is 0 Å². The highest BCUT2D eigenvalue weighted by Crippen LogP contribution is 2.29. The molecule has 0 radical (unpaired) electrons. The average molecular weight is 264 g/mol. The fraction of sp³-hybridized carbons (Fsp3) is 0.500. The van der Waals surface area contributed by atoms with Crippen molar-refractivity contribution in [3.63, 3.8) is 0 Å². The van der Waals surface area contributed by atoms with Crippen molar-refractivity contribution in [2.24, 2.45) is 5.41 Å². The number of rotatable bonds is 3. The van der Waals surface area contributed by atoms with Crippen LogP contribution in [0, 0.1) is 5.41 Å². The molecule has 18 heavy (non-hydrogen) atoms. The van der Waals surface area contributed by atoms with Crippen LogP contribution in [0.25, 0.3) is 11.0 Å². The van der Waals surface area contributed by atoms with Crippen molar-refractivity contribution in [3.8, 4) is 0 Å². The van der Waals surface area contributed by atoms with Crippen molar-refractivity contribution in [1.29, 1.82) is 0 Å². The Morgan fingerprint density at radius 2 is 1.83 bits per heavy atom. The Morgan fingerprint density at radius 1 is 1.11 bits per heavy atom. The molecule has 2 heteroatoms. The highest BCUT2D eigenvalue weighted by Gasteiger charge is 2.12. The van der Waals surface area contributed by atoms with E-state index in [9.17, 15) is 0 Å². The molecule has 0 atom stereocenters. The van der Waals surface area contributed by atoms with E-state index in [-0.39, 0.29) is 10.9 Å². The summed E-state index contributed by atoms with van der Waals surface area (Å²) in [6, 6.07) is 8.81. The first-order valence-electron chi connectivity index (χ1n) is 6.49. The first-order chi connectivity index (χ1) is 8.33. The summed E-state index contributed by atoms with van der Waals surface area (Å²) in [5.41, 5.74) is 2.76. The molecule has 0 bridgehead atoms. The molecule has 1 nitrogen and oxygen atoms in total. The van der Waals surface area contributed by atoms with Gasteiger partial charge in [-0.1, -0.05) is 26.8 Å². The lowest BCUT2D eigenvalue weighted by Crippen LogP contribution is -2.08. The zero-order chi connectivity index (χ0) is 13.3. The molecule has 100 valence electrons. The largest absolute Gasteiger partial charge is 0.460 e. The van der Waals surface area contributed by atoms with Crippen LogP contribution in [0.5, 0.6) is 0 Å². The van der Waals surface area contributed by atoms with Crippen molar-refractivity contribution in [3.05, 3.63) is 35.6 Å². The van der Waals surface area contributed by atoms with E-state index in [1.165, 1.54) is 10.9 Å². The van der Waals surface area contributed by atoms with Crippen LogP contribution in [0.4, 0.5) is 0 Å². The second-order valence-corrected chi connectivity index (χ2v) is 9.04. The Kier molecular flexibility index (Phi) is 3.76. The molecule has 0 aliphatic carbocycles. The van der Waals surface area contributed by atoms with Crippen LogP contribution >= 0.6 is 10.9 Å². The molecule has 0 unspecified atom stereocenters. The van der Waals surface area contributed by atoms with Gasteiger partial charge in [-0.25, -0.2) is 0 Å². The van der Waals surface area contributed by atoms with Crippen LogP contribution in [0.15, 0.2) is 28.7 Å². The molecule has 0 N–H and O–H groups in total. The number of hydrogen-bond acceptors (Lipinski definition) is 1. The van der Waals surface area contributed by atoms with Gasteiger partial charge in [-0.2, -0.15) is 0 Å². The third-order valence-electron chi connectivity index (χ3n) is 2.84. The normalized spacial score (nSPS) is 13.1. The topological polar surface area (TPSA) is 13.1 Å². The average Bonchev–Trinajstić information content (AvgIpc) is 2.55. The maximum atomic E-state index is 5.88. The van der Waals surface area contributed by atoms with Gasteiger partial charge in [0.05, 0.1) is 0 Å². The third-order valence-corrected chi connectivity index (χ3v) is 3.78. The zero-order valence-corrected chi connectivity index (χ0v) is 13.0. The Bertz CT molecular complexity index is 532. The third kappa shape index (κ3) is 3.55. The lowest BCUT2D eigenvalue weighted by molar-refractivity contribution is 0.411. The van der Waals surface area contributed by atoms with Crippen LogP contribution in [0.1, 0.15) is 32.1 Å². The molecule has 0 fully saturated rings. The SMILES string of the molecule is C[SH](C)Cc1cc2cc(CC(C)(C)C)ccc2o1. The summed E-state index contributed by atoms with van der Waals surface area (Å²) < 4.78 is 5.88. The Hall–Kier alpha value is -0.890. The van der Waals surface area contributed by atoms with E-state index in [0.717, 1.165) is 23.5 Å². The first kappa shape index (κ1) is 13.5. The van der Waals surface area contributed by atoms with Crippen molar-refractivity contribution in [2.45, 2.75) is 32.9 Å². The predicted molar refractivity (Wildman–Crippen MR) is 83.9 cm³/mol. The van der Waals surface area contributed by atoms with Crippen molar-refractivity contribution in [2.75, 3.05) is 12.5 Å². The van der Waals surface area contributed by atoms with Crippen molar-refractivity contribution < 1.29 is 4.42 Å². The van der Waals surface area contributed by atoms with E-state index in [4.69, 9.17) is 4.42 Å². The molecular formula is C16H24OS. The highest BCUT2D eigenvalue weighted by atomic mass is 32.2. The predicted octanol–water partition coefficient (Wildman–Crippen LogP) is 4.78. The fourth-order valence-electron chi connectivity index (χ4n) is 2.26. The van der Waals surface area contributed by atoms with Gasteiger partial charge in [0.25, 0.3) is 0 Å². The first-order valence-corrected chi connectivity index (χ1v) is 8.92. The number of benzene rings is 1. The van der Waals surface area contributed by atoms with Gasteiger partial charge in [-0.05, 0) is 48.1 Å². The van der Waals surface area contributed by atoms with Gasteiger partial charge in [-0.15, -0.1) is 0 Å². The van der Waals surface area contributed by atoms with Crippen LogP contribution < -0.4 is 0 Å². The van der Waals surface area contributed by atoms with E-state index in [0.29, 0.717) is 5.41 Å². The van der Waals surface area contributed by atoms with Gasteiger partial charge in [0.2, 0.25) is 0 Å². The van der Waals surface area contributed by atoms with Gasteiger partial charge in [0, 0.05) is 11.1 Å². The highest BCUT2D eigenvalue weighted by molar-refractivity contribution is 8.15. The summed E-state index contributed by atoms with van der Waals surface area (Å²) in [7, 11) is 0.0629. The summed E-state index contributed by atoms with van der Waals surface area (Å²) in [6.45, 7) is 6.83. The monoisotopic (exact) mass is 264 g/mol. The molecule has 1 aromatic carbocycles. The summed E-state index contributed by atoms with van der Waals surface area (Å²) >= 11 is 0. The second kappa shape index (κ2) is 5.00. The summed E-state index contributed by atoms with van der Waals surface area (Å²) in [5.74, 6) is 2.22. The van der Waals surface area contributed by atoms with E-state index in [2.05, 4.69) is 57.5 Å². The number of fused-ring (bicyclic) bond motifs is 1. The van der Waals surface area contributed by atoms with Gasteiger partial charge in [-0.3, -0.25) is 10.9 Å². The summed E-state index contributed by atoms with van der Waals surface area (Å²) in [5, 5.41) is 1.25. The van der Waals surface area contributed by atoms with Gasteiger partial charge in [0.1, 0.15) is 11.3 Å². The molecule has 1 heterocycles. The zero-order valence-electron chi connectivity index (χ0n) is 12.1. The van der Waals surface area contributed by atoms with Crippen LogP contribution in [0.2, 0.25) is 0 Å². The number of furan rings is 1. The van der Waals surface area contributed by atoms with E-state index in [1.54, 1.807) is 0 Å². The number of thiol groups is 1.